The van der Waals surface area contributed by atoms with Gasteiger partial charge in [0, 0.05) is 5.69 Å². The van der Waals surface area contributed by atoms with Crippen molar-refractivity contribution in [3.8, 4) is 11.5 Å². The van der Waals surface area contributed by atoms with Crippen LogP contribution >= 0.6 is 0 Å². The van der Waals surface area contributed by atoms with Gasteiger partial charge in [0.2, 0.25) is 5.91 Å². The molecule has 0 spiro atoms. The summed E-state index contributed by atoms with van der Waals surface area (Å²) in [6.07, 6.45) is 0. The largest absolute Gasteiger partial charge is 0.497 e. The van der Waals surface area contributed by atoms with E-state index in [4.69, 9.17) is 9.47 Å². The first-order chi connectivity index (χ1) is 13.8. The van der Waals surface area contributed by atoms with E-state index in [2.05, 4.69) is 10.6 Å². The Bertz CT molecular complexity index is 957. The molecular formula is C21H23N3O5. The van der Waals surface area contributed by atoms with E-state index in [0.717, 1.165) is 10.5 Å². The number of ether oxygens (including phenoxy) is 2. The molecule has 152 valence electrons. The van der Waals surface area contributed by atoms with Gasteiger partial charge in [-0.2, -0.15) is 0 Å². The van der Waals surface area contributed by atoms with E-state index in [0.29, 0.717) is 22.7 Å². The predicted molar refractivity (Wildman–Crippen MR) is 107 cm³/mol. The molecule has 8 heteroatoms. The Balaban J connectivity index is 1.74. The lowest BCUT2D eigenvalue weighted by molar-refractivity contribution is -0.133. The molecule has 1 fully saturated rings. The molecule has 8 nitrogen and oxygen atoms in total. The van der Waals surface area contributed by atoms with E-state index in [9.17, 15) is 14.4 Å². The number of nitrogens with zero attached hydrogens (tertiary/aromatic N) is 1. The number of benzene rings is 2. The topological polar surface area (TPSA) is 97.0 Å². The second kappa shape index (κ2) is 7.83. The van der Waals surface area contributed by atoms with Gasteiger partial charge in [0.05, 0.1) is 14.2 Å². The highest BCUT2D eigenvalue weighted by atomic mass is 16.5. The Labute approximate surface area is 168 Å². The van der Waals surface area contributed by atoms with Crippen LogP contribution in [-0.4, -0.2) is 43.5 Å². The molecule has 1 saturated heterocycles. The molecule has 0 aliphatic carbocycles. The number of hydrogen-bond acceptors (Lipinski definition) is 5. The van der Waals surface area contributed by atoms with Crippen molar-refractivity contribution >= 4 is 23.5 Å². The van der Waals surface area contributed by atoms with Crippen molar-refractivity contribution in [3.63, 3.8) is 0 Å². The monoisotopic (exact) mass is 397 g/mol. The van der Waals surface area contributed by atoms with E-state index < -0.39 is 23.4 Å². The Kier molecular flexibility index (Phi) is 5.45. The summed E-state index contributed by atoms with van der Waals surface area (Å²) in [4.78, 5) is 38.7. The lowest BCUT2D eigenvalue weighted by atomic mass is 9.90. The number of methoxy groups -OCH3 is 2. The molecule has 1 aliphatic heterocycles. The summed E-state index contributed by atoms with van der Waals surface area (Å²) in [5.74, 6) is 0.373. The lowest BCUT2D eigenvalue weighted by Crippen LogP contribution is -2.42. The van der Waals surface area contributed by atoms with Gasteiger partial charge in [-0.1, -0.05) is 6.07 Å². The number of imide groups is 1. The standard InChI is InChI=1S/C21H23N3O5/c1-13-11-14(5-10-17(13)29-4)21(2)19(26)24(20(27)23-21)12-18(25)22-15-6-8-16(28-3)9-7-15/h5-11H,12H2,1-4H3,(H,22,25)(H,23,27). The summed E-state index contributed by atoms with van der Waals surface area (Å²) >= 11 is 0. The van der Waals surface area contributed by atoms with Crippen LogP contribution in [0.1, 0.15) is 18.1 Å². The molecule has 2 aromatic carbocycles. The smallest absolute Gasteiger partial charge is 0.325 e. The Morgan fingerprint density at radius 1 is 1.10 bits per heavy atom. The second-order valence-electron chi connectivity index (χ2n) is 6.91. The minimum atomic E-state index is -1.26. The summed E-state index contributed by atoms with van der Waals surface area (Å²) in [6, 6.07) is 11.4. The van der Waals surface area contributed by atoms with E-state index in [1.807, 2.05) is 6.92 Å². The van der Waals surface area contributed by atoms with Gasteiger partial charge >= 0.3 is 6.03 Å². The molecule has 2 aromatic rings. The fourth-order valence-electron chi connectivity index (χ4n) is 3.24. The number of hydrogen-bond donors (Lipinski definition) is 2. The minimum Gasteiger partial charge on any atom is -0.497 e. The van der Waals surface area contributed by atoms with Crippen molar-refractivity contribution in [1.29, 1.82) is 0 Å². The van der Waals surface area contributed by atoms with Crippen molar-refractivity contribution in [2.24, 2.45) is 0 Å². The average Bonchev–Trinajstić information content (AvgIpc) is 2.92. The molecular weight excluding hydrogens is 374 g/mol. The van der Waals surface area contributed by atoms with Gasteiger partial charge in [0.1, 0.15) is 23.6 Å². The maximum Gasteiger partial charge on any atom is 0.325 e. The summed E-state index contributed by atoms with van der Waals surface area (Å²) < 4.78 is 10.3. The van der Waals surface area contributed by atoms with E-state index in [1.54, 1.807) is 63.6 Å². The van der Waals surface area contributed by atoms with Crippen LogP contribution in [0.5, 0.6) is 11.5 Å². The molecule has 0 aromatic heterocycles. The number of anilines is 1. The SMILES string of the molecule is COc1ccc(NC(=O)CN2C(=O)NC(C)(c3ccc(OC)c(C)c3)C2=O)cc1. The summed E-state index contributed by atoms with van der Waals surface area (Å²) in [5.41, 5.74) is 0.738. The normalized spacial score (nSPS) is 18.4. The maximum absolute atomic E-state index is 13.0. The van der Waals surface area contributed by atoms with Crippen LogP contribution in [0.2, 0.25) is 0 Å². The van der Waals surface area contributed by atoms with E-state index >= 15 is 0 Å². The van der Waals surface area contributed by atoms with Crippen LogP contribution < -0.4 is 20.1 Å². The molecule has 1 aliphatic rings. The van der Waals surface area contributed by atoms with Gasteiger partial charge < -0.3 is 20.1 Å². The van der Waals surface area contributed by atoms with E-state index in [-0.39, 0.29) is 6.54 Å². The zero-order valence-corrected chi connectivity index (χ0v) is 16.7. The molecule has 1 heterocycles. The van der Waals surface area contributed by atoms with Crippen molar-refractivity contribution in [3.05, 3.63) is 53.6 Å². The first kappa shape index (κ1) is 20.2. The molecule has 0 radical (unpaired) electrons. The fraction of sp³-hybridized carbons (Fsp3) is 0.286. The lowest BCUT2D eigenvalue weighted by Gasteiger charge is -2.23. The molecule has 0 saturated carbocycles. The van der Waals surface area contributed by atoms with E-state index in [1.165, 1.54) is 0 Å². The third-order valence-corrected chi connectivity index (χ3v) is 4.92. The predicted octanol–water partition coefficient (Wildman–Crippen LogP) is 2.42. The number of rotatable bonds is 6. The van der Waals surface area contributed by atoms with Gasteiger partial charge in [-0.15, -0.1) is 0 Å². The number of nitrogens with one attached hydrogen (secondary N) is 2. The van der Waals surface area contributed by atoms with Crippen LogP contribution in [0.15, 0.2) is 42.5 Å². The first-order valence-corrected chi connectivity index (χ1v) is 9.01. The number of carbonyl (C=O) groups is 3. The quantitative estimate of drug-likeness (QED) is 0.730. The highest BCUT2D eigenvalue weighted by molar-refractivity contribution is 6.10. The van der Waals surface area contributed by atoms with Gasteiger partial charge in [-0.25, -0.2) is 4.79 Å². The molecule has 1 atom stereocenters. The number of carbonyl (C=O) groups excluding carboxylic acids is 3. The van der Waals surface area contributed by atoms with Crippen molar-refractivity contribution in [2.75, 3.05) is 26.1 Å². The van der Waals surface area contributed by atoms with Crippen LogP contribution in [-0.2, 0) is 15.1 Å². The number of aryl methyl sites for hydroxylation is 1. The van der Waals surface area contributed by atoms with Crippen molar-refractivity contribution in [2.45, 2.75) is 19.4 Å². The van der Waals surface area contributed by atoms with Crippen LogP contribution in [0.4, 0.5) is 10.5 Å². The summed E-state index contributed by atoms with van der Waals surface area (Å²) in [6.45, 7) is 3.09. The molecule has 1 unspecified atom stereocenters. The van der Waals surface area contributed by atoms with Gasteiger partial charge in [0.25, 0.3) is 5.91 Å². The maximum atomic E-state index is 13.0. The van der Waals surface area contributed by atoms with Gasteiger partial charge in [-0.3, -0.25) is 14.5 Å². The summed E-state index contributed by atoms with van der Waals surface area (Å²) in [7, 11) is 3.11. The van der Waals surface area contributed by atoms with Crippen molar-refractivity contribution in [1.82, 2.24) is 10.2 Å². The molecule has 2 N–H and O–H groups in total. The van der Waals surface area contributed by atoms with Crippen molar-refractivity contribution < 1.29 is 23.9 Å². The average molecular weight is 397 g/mol. The number of amides is 4. The number of urea groups is 1. The third kappa shape index (κ3) is 3.87. The zero-order valence-electron chi connectivity index (χ0n) is 16.7. The Morgan fingerprint density at radius 2 is 1.79 bits per heavy atom. The first-order valence-electron chi connectivity index (χ1n) is 9.01. The molecule has 29 heavy (non-hydrogen) atoms. The van der Waals surface area contributed by atoms with Crippen LogP contribution in [0.25, 0.3) is 0 Å². The van der Waals surface area contributed by atoms with Crippen LogP contribution in [0, 0.1) is 6.92 Å². The highest BCUT2D eigenvalue weighted by Crippen LogP contribution is 2.31. The minimum absolute atomic E-state index is 0.387. The molecule has 4 amide bonds. The highest BCUT2D eigenvalue weighted by Gasteiger charge is 2.49. The fourth-order valence-corrected chi connectivity index (χ4v) is 3.24. The summed E-state index contributed by atoms with van der Waals surface area (Å²) in [5, 5.41) is 5.36. The van der Waals surface area contributed by atoms with Gasteiger partial charge in [0.15, 0.2) is 0 Å². The van der Waals surface area contributed by atoms with Gasteiger partial charge in [-0.05, 0) is 61.4 Å². The zero-order chi connectivity index (χ0) is 21.2. The Morgan fingerprint density at radius 3 is 2.38 bits per heavy atom. The molecule has 3 rings (SSSR count). The van der Waals surface area contributed by atoms with Crippen LogP contribution in [0.3, 0.4) is 0 Å². The third-order valence-electron chi connectivity index (χ3n) is 4.92. The molecule has 0 bridgehead atoms. The second-order valence-corrected chi connectivity index (χ2v) is 6.91. The Hall–Kier alpha value is -3.55.